The van der Waals surface area contributed by atoms with Crippen LogP contribution in [0.5, 0.6) is 0 Å². The molecule has 1 heterocycles. The molecule has 0 radical (unpaired) electrons. The molecule has 12 heavy (non-hydrogen) atoms. The zero-order valence-electron chi connectivity index (χ0n) is 6.94. The van der Waals surface area contributed by atoms with Crippen molar-refractivity contribution in [2.45, 2.75) is 19.0 Å². The van der Waals surface area contributed by atoms with E-state index in [-0.39, 0.29) is 5.78 Å². The third kappa shape index (κ3) is 1.97. The molecule has 1 rings (SSSR count). The van der Waals surface area contributed by atoms with E-state index < -0.39 is 0 Å². The minimum absolute atomic E-state index is 0.0978. The third-order valence-electron chi connectivity index (χ3n) is 1.24. The number of carbonyl (C=O) groups excluding carboxylic acids is 1. The molecule has 0 saturated carbocycles. The van der Waals surface area contributed by atoms with Gasteiger partial charge in [0.2, 0.25) is 5.16 Å². The Morgan fingerprint density at radius 1 is 1.67 bits per heavy atom. The van der Waals surface area contributed by atoms with E-state index in [4.69, 9.17) is 5.84 Å². The van der Waals surface area contributed by atoms with Crippen LogP contribution < -0.4 is 5.84 Å². The summed E-state index contributed by atoms with van der Waals surface area (Å²) in [6, 6.07) is 0. The average molecular weight is 186 g/mol. The van der Waals surface area contributed by atoms with Gasteiger partial charge >= 0.3 is 0 Å². The second-order valence-corrected chi connectivity index (χ2v) is 3.33. The highest BCUT2D eigenvalue weighted by molar-refractivity contribution is 7.99. The van der Waals surface area contributed by atoms with Crippen LogP contribution in [0.2, 0.25) is 0 Å². The molecule has 0 atom stereocenters. The number of nitrogen functional groups attached to an aromatic ring is 1. The lowest BCUT2D eigenvalue weighted by molar-refractivity contribution is -0.114. The maximum atomic E-state index is 10.6. The van der Waals surface area contributed by atoms with Crippen LogP contribution in [0.1, 0.15) is 12.7 Å². The fourth-order valence-corrected chi connectivity index (χ4v) is 1.32. The summed E-state index contributed by atoms with van der Waals surface area (Å²) in [4.78, 5) is 10.6. The number of carbonyl (C=O) groups is 1. The van der Waals surface area contributed by atoms with Gasteiger partial charge in [-0.3, -0.25) is 4.79 Å². The van der Waals surface area contributed by atoms with Gasteiger partial charge in [-0.1, -0.05) is 11.8 Å². The Morgan fingerprint density at radius 3 is 2.75 bits per heavy atom. The molecule has 5 nitrogen and oxygen atoms in total. The first-order valence-electron chi connectivity index (χ1n) is 3.40. The average Bonchev–Trinajstić information content (AvgIpc) is 2.30. The molecule has 0 fully saturated rings. The van der Waals surface area contributed by atoms with E-state index in [0.29, 0.717) is 16.7 Å². The van der Waals surface area contributed by atoms with Gasteiger partial charge < -0.3 is 5.84 Å². The number of nitrogens with two attached hydrogens (primary N) is 1. The van der Waals surface area contributed by atoms with Gasteiger partial charge in [0, 0.05) is 0 Å². The highest BCUT2D eigenvalue weighted by atomic mass is 32.2. The molecule has 0 unspecified atom stereocenters. The van der Waals surface area contributed by atoms with Gasteiger partial charge in [0.05, 0.1) is 5.75 Å². The summed E-state index contributed by atoms with van der Waals surface area (Å²) in [6.45, 7) is 3.28. The number of rotatable bonds is 3. The molecule has 0 aliphatic rings. The van der Waals surface area contributed by atoms with Crippen LogP contribution in [0.15, 0.2) is 5.16 Å². The van der Waals surface area contributed by atoms with E-state index >= 15 is 0 Å². The highest BCUT2D eigenvalue weighted by Crippen LogP contribution is 2.13. The van der Waals surface area contributed by atoms with Crippen molar-refractivity contribution >= 4 is 17.5 Å². The molecular weight excluding hydrogens is 176 g/mol. The molecule has 6 heteroatoms. The highest BCUT2D eigenvalue weighted by Gasteiger charge is 2.06. The van der Waals surface area contributed by atoms with Crippen LogP contribution >= 0.6 is 11.8 Å². The lowest BCUT2D eigenvalue weighted by Crippen LogP contribution is -2.12. The summed E-state index contributed by atoms with van der Waals surface area (Å²) in [6.07, 6.45) is 0. The molecule has 0 saturated heterocycles. The largest absolute Gasteiger partial charge is 0.336 e. The molecule has 0 aliphatic heterocycles. The zero-order chi connectivity index (χ0) is 9.14. The predicted molar refractivity (Wildman–Crippen MR) is 46.3 cm³/mol. The van der Waals surface area contributed by atoms with Crippen LogP contribution in [0, 0.1) is 6.92 Å². The number of hydrogen-bond donors (Lipinski definition) is 1. The summed E-state index contributed by atoms with van der Waals surface area (Å²) >= 11 is 1.29. The van der Waals surface area contributed by atoms with E-state index in [1.54, 1.807) is 6.92 Å². The van der Waals surface area contributed by atoms with Crippen molar-refractivity contribution in [3.8, 4) is 0 Å². The van der Waals surface area contributed by atoms with Crippen molar-refractivity contribution in [1.82, 2.24) is 14.9 Å². The SMILES string of the molecule is CC(=O)CSc1nnc(C)n1N. The van der Waals surface area contributed by atoms with Gasteiger partial charge in [0.25, 0.3) is 0 Å². The smallest absolute Gasteiger partial charge is 0.210 e. The zero-order valence-corrected chi connectivity index (χ0v) is 7.76. The Hall–Kier alpha value is -1.04. The van der Waals surface area contributed by atoms with Crippen LogP contribution in [-0.2, 0) is 4.79 Å². The molecular formula is C6H10N4OS. The van der Waals surface area contributed by atoms with E-state index in [0.717, 1.165) is 0 Å². The van der Waals surface area contributed by atoms with Crippen molar-refractivity contribution in [3.63, 3.8) is 0 Å². The standard InChI is InChI=1S/C6H10N4OS/c1-4(11)3-12-6-9-8-5(2)10(6)7/h3,7H2,1-2H3. The van der Waals surface area contributed by atoms with Crippen LogP contribution in [0.3, 0.4) is 0 Å². The second kappa shape index (κ2) is 3.57. The summed E-state index contributed by atoms with van der Waals surface area (Å²) in [5, 5.41) is 8.11. The molecule has 0 amide bonds. The molecule has 1 aromatic heterocycles. The minimum Gasteiger partial charge on any atom is -0.336 e. The van der Waals surface area contributed by atoms with Crippen molar-refractivity contribution < 1.29 is 4.79 Å². The Bertz CT molecular complexity index is 296. The quantitative estimate of drug-likeness (QED) is 0.530. The van der Waals surface area contributed by atoms with Crippen LogP contribution in [-0.4, -0.2) is 26.4 Å². The monoisotopic (exact) mass is 186 g/mol. The number of aryl methyl sites for hydroxylation is 1. The Balaban J connectivity index is 2.63. The van der Waals surface area contributed by atoms with Gasteiger partial charge in [0.15, 0.2) is 0 Å². The van der Waals surface area contributed by atoms with E-state index in [1.165, 1.54) is 23.4 Å². The topological polar surface area (TPSA) is 73.8 Å². The summed E-state index contributed by atoms with van der Waals surface area (Å²) in [5.41, 5.74) is 0. The minimum atomic E-state index is 0.0978. The predicted octanol–water partition coefficient (Wildman–Crippen LogP) is -0.0186. The lowest BCUT2D eigenvalue weighted by atomic mass is 10.5. The van der Waals surface area contributed by atoms with Crippen molar-refractivity contribution in [2.75, 3.05) is 11.6 Å². The van der Waals surface area contributed by atoms with Gasteiger partial charge in [-0.15, -0.1) is 10.2 Å². The molecule has 0 aromatic carbocycles. The van der Waals surface area contributed by atoms with Gasteiger partial charge in [-0.25, -0.2) is 4.68 Å². The Labute approximate surface area is 74.3 Å². The third-order valence-corrected chi connectivity index (χ3v) is 2.33. The van der Waals surface area contributed by atoms with Crippen molar-refractivity contribution in [1.29, 1.82) is 0 Å². The second-order valence-electron chi connectivity index (χ2n) is 2.39. The summed E-state index contributed by atoms with van der Waals surface area (Å²) in [7, 11) is 0. The molecule has 1 aromatic rings. The number of Topliss-reactive ketones (excluding diaryl/α,β-unsaturated/α-hetero) is 1. The first kappa shape index (κ1) is 9.05. The molecule has 2 N–H and O–H groups in total. The first-order valence-corrected chi connectivity index (χ1v) is 4.39. The van der Waals surface area contributed by atoms with Crippen molar-refractivity contribution in [2.24, 2.45) is 0 Å². The van der Waals surface area contributed by atoms with Gasteiger partial charge in [0.1, 0.15) is 11.6 Å². The molecule has 0 spiro atoms. The Morgan fingerprint density at radius 2 is 2.33 bits per heavy atom. The number of thioether (sulfide) groups is 1. The van der Waals surface area contributed by atoms with Crippen LogP contribution in [0.4, 0.5) is 0 Å². The fraction of sp³-hybridized carbons (Fsp3) is 0.500. The lowest BCUT2D eigenvalue weighted by Gasteiger charge is -1.97. The fourth-order valence-electron chi connectivity index (χ4n) is 0.615. The Kier molecular flexibility index (Phi) is 2.69. The van der Waals surface area contributed by atoms with E-state index in [9.17, 15) is 4.79 Å². The van der Waals surface area contributed by atoms with Gasteiger partial charge in [-0.2, -0.15) is 0 Å². The maximum Gasteiger partial charge on any atom is 0.210 e. The van der Waals surface area contributed by atoms with E-state index in [1.807, 2.05) is 0 Å². The van der Waals surface area contributed by atoms with Gasteiger partial charge in [-0.05, 0) is 13.8 Å². The number of ketones is 1. The number of hydrogen-bond acceptors (Lipinski definition) is 5. The summed E-state index contributed by atoms with van der Waals surface area (Å²) in [5.74, 6) is 6.67. The molecule has 66 valence electrons. The normalized spacial score (nSPS) is 10.2. The van der Waals surface area contributed by atoms with Crippen molar-refractivity contribution in [3.05, 3.63) is 5.82 Å². The maximum absolute atomic E-state index is 10.6. The van der Waals surface area contributed by atoms with E-state index in [2.05, 4.69) is 10.2 Å². The number of aromatic nitrogens is 3. The molecule has 0 bridgehead atoms. The van der Waals surface area contributed by atoms with Crippen LogP contribution in [0.25, 0.3) is 0 Å². The first-order chi connectivity index (χ1) is 5.61. The number of nitrogens with zero attached hydrogens (tertiary/aromatic N) is 3. The molecule has 0 aliphatic carbocycles. The summed E-state index contributed by atoms with van der Waals surface area (Å²) < 4.78 is 1.37.